The summed E-state index contributed by atoms with van der Waals surface area (Å²) in [5.74, 6) is 4.23. The fourth-order valence-electron chi connectivity index (χ4n) is 15.7. The Bertz CT molecular complexity index is 6860. The fraction of sp³-hybridized carbons (Fsp3) is 0.238. The van der Waals surface area contributed by atoms with Crippen LogP contribution in [0.5, 0.6) is 40.8 Å². The molecule has 0 aliphatic carbocycles. The molecule has 135 heavy (non-hydrogen) atoms. The van der Waals surface area contributed by atoms with Gasteiger partial charge in [0.05, 0.1) is 42.3 Å². The van der Waals surface area contributed by atoms with E-state index in [1.165, 1.54) is 44.0 Å². The van der Waals surface area contributed by atoms with Gasteiger partial charge in [-0.2, -0.15) is 0 Å². The summed E-state index contributed by atoms with van der Waals surface area (Å²) in [6.45, 7) is 9.88. The number of likely N-dealkylation sites (tertiary alicyclic amines) is 1. The minimum atomic E-state index is -0.496. The molecule has 8 aromatic heterocycles. The highest BCUT2D eigenvalue weighted by Gasteiger charge is 2.28. The summed E-state index contributed by atoms with van der Waals surface area (Å²) in [4.78, 5) is 118. The number of anilines is 7. The van der Waals surface area contributed by atoms with Gasteiger partial charge in [0, 0.05) is 166 Å². The first-order chi connectivity index (χ1) is 65.0. The van der Waals surface area contributed by atoms with Crippen molar-refractivity contribution >= 4 is 165 Å². The molecule has 0 bridgehead atoms. The molecule has 30 heteroatoms. The zero-order valence-corrected chi connectivity index (χ0v) is 78.6. The number of hydrogen-bond acceptors (Lipinski definition) is 24. The lowest BCUT2D eigenvalue weighted by molar-refractivity contribution is -0.125. The smallest absolute Gasteiger partial charge is 0.232 e. The number of fused-ring (bicyclic) bond motifs is 4. The lowest BCUT2D eigenvalue weighted by Crippen LogP contribution is -2.36. The van der Waals surface area contributed by atoms with Gasteiger partial charge >= 0.3 is 0 Å². The minimum absolute atomic E-state index is 0.0000302. The number of nitrogens with zero attached hydrogens (tertiary/aromatic N) is 12. The summed E-state index contributed by atoms with van der Waals surface area (Å²) in [7, 11) is 5.67. The van der Waals surface area contributed by atoms with E-state index in [-0.39, 0.29) is 65.4 Å². The molecule has 26 nitrogen and oxygen atoms in total. The molecule has 2 aliphatic rings. The molecule has 690 valence electrons. The molecule has 0 spiro atoms. The van der Waals surface area contributed by atoms with Crippen LogP contribution in [0.3, 0.4) is 0 Å². The molecule has 15 aromatic rings. The number of carbonyl (C=O) groups excluding carboxylic acids is 6. The van der Waals surface area contributed by atoms with Crippen LogP contribution in [0.25, 0.3) is 43.1 Å². The fourth-order valence-corrected chi connectivity index (χ4v) is 16.3. The van der Waals surface area contributed by atoms with Gasteiger partial charge in [-0.1, -0.05) is 152 Å². The van der Waals surface area contributed by atoms with Crippen molar-refractivity contribution in [3.63, 3.8) is 0 Å². The van der Waals surface area contributed by atoms with E-state index in [4.69, 9.17) is 88.3 Å². The summed E-state index contributed by atoms with van der Waals surface area (Å²) in [6, 6.07) is 59.6. The van der Waals surface area contributed by atoms with E-state index in [1.54, 1.807) is 102 Å². The number of ether oxygens (including phenoxy) is 4. The van der Waals surface area contributed by atoms with Crippen LogP contribution >= 0.6 is 46.4 Å². The number of ketones is 4. The molecule has 0 atom stereocenters. The van der Waals surface area contributed by atoms with Crippen molar-refractivity contribution in [2.45, 2.75) is 104 Å². The van der Waals surface area contributed by atoms with Gasteiger partial charge in [0.2, 0.25) is 35.3 Å². The van der Waals surface area contributed by atoms with Crippen LogP contribution in [-0.2, 0) is 35.3 Å². The highest BCUT2D eigenvalue weighted by atomic mass is 35.5. The molecule has 2 aliphatic heterocycles. The van der Waals surface area contributed by atoms with E-state index in [0.29, 0.717) is 147 Å². The van der Waals surface area contributed by atoms with Crippen LogP contribution in [0, 0.1) is 5.41 Å². The van der Waals surface area contributed by atoms with Crippen molar-refractivity contribution in [1.82, 2.24) is 44.8 Å². The summed E-state index contributed by atoms with van der Waals surface area (Å²) >= 11 is 24.6. The van der Waals surface area contributed by atoms with Crippen LogP contribution in [0.1, 0.15) is 142 Å². The number of rotatable bonds is 29. The average Bonchev–Trinajstić information content (AvgIpc) is 1.72. The number of hydrogen-bond donors (Lipinski definition) is 4. The van der Waals surface area contributed by atoms with Crippen LogP contribution in [0.15, 0.2) is 244 Å². The van der Waals surface area contributed by atoms with Gasteiger partial charge < -0.3 is 56.6 Å². The minimum Gasteiger partial charge on any atom is -0.476 e. The zero-order valence-electron chi connectivity index (χ0n) is 75.6. The van der Waals surface area contributed by atoms with Crippen LogP contribution in [0.4, 0.5) is 40.3 Å². The number of pyridine rings is 8. The normalized spacial score (nSPS) is 12.5. The summed E-state index contributed by atoms with van der Waals surface area (Å²) in [6.07, 6.45) is 21.2. The van der Waals surface area contributed by atoms with E-state index in [2.05, 4.69) is 44.8 Å². The van der Waals surface area contributed by atoms with Crippen molar-refractivity contribution < 1.29 is 47.7 Å². The lowest BCUT2D eigenvalue weighted by atomic mass is 9.95. The third-order valence-electron chi connectivity index (χ3n) is 22.9. The van der Waals surface area contributed by atoms with Gasteiger partial charge in [0.15, 0.2) is 23.1 Å². The first kappa shape index (κ1) is 96.8. The SMILES string of the molecule is CN(C(=O)C(C)(C)C)c1ccc(Oc2ncc(Cl)cc2C(=O)CCc2ccc3c(N)nccc3c2)cc1.CN(C)c1ccc(Oc2ncc(Cl)cc2C(=O)CCc2ccc3c(N)nccc3c2)cc1.Nc1nccc2cc(CCC(=O)c3cc(Cl)cnc3OCCN3CCCCC3)ccc12.Nc1nccc2cc(CCC(=O)c3cc(Cl)cnc3Oc3cccc(N4CCCC4=O)c3)ccc12. The second-order valence-corrected chi connectivity index (χ2v) is 35.7. The Morgan fingerprint density at radius 3 is 1.10 bits per heavy atom. The molecule has 2 fully saturated rings. The van der Waals surface area contributed by atoms with Crippen LogP contribution < -0.4 is 56.6 Å². The van der Waals surface area contributed by atoms with Gasteiger partial charge in [-0.3, -0.25) is 33.7 Å². The monoisotopic (exact) mass is 1890 g/mol. The Labute approximate surface area is 802 Å². The maximum atomic E-state index is 13.2. The Morgan fingerprint density at radius 2 is 0.748 bits per heavy atom. The summed E-state index contributed by atoms with van der Waals surface area (Å²) in [5, 5.41) is 9.07. The number of piperidine rings is 1. The number of benzene rings is 7. The Balaban J connectivity index is 0.000000145. The third kappa shape index (κ3) is 25.8. The van der Waals surface area contributed by atoms with Gasteiger partial charge in [0.1, 0.15) is 47.1 Å². The van der Waals surface area contributed by atoms with Crippen molar-refractivity contribution in [1.29, 1.82) is 0 Å². The number of amides is 2. The molecule has 0 saturated carbocycles. The van der Waals surface area contributed by atoms with Crippen LogP contribution in [-0.4, -0.2) is 134 Å². The van der Waals surface area contributed by atoms with Gasteiger partial charge in [-0.15, -0.1) is 0 Å². The number of nitrogens with two attached hydrogens (primary N) is 4. The zero-order chi connectivity index (χ0) is 95.4. The van der Waals surface area contributed by atoms with E-state index >= 15 is 0 Å². The molecule has 8 N–H and O–H groups in total. The topological polar surface area (TPSA) is 360 Å². The molecule has 2 saturated heterocycles. The number of aromatic nitrogens is 8. The number of halogens is 4. The quantitative estimate of drug-likeness (QED) is 0.0316. The third-order valence-corrected chi connectivity index (χ3v) is 23.8. The van der Waals surface area contributed by atoms with Crippen molar-refractivity contribution in [2.24, 2.45) is 5.41 Å². The Morgan fingerprint density at radius 1 is 0.393 bits per heavy atom. The van der Waals surface area contributed by atoms with E-state index < -0.39 is 5.41 Å². The first-order valence-corrected chi connectivity index (χ1v) is 45.7. The summed E-state index contributed by atoms with van der Waals surface area (Å²) < 4.78 is 23.7. The van der Waals surface area contributed by atoms with Crippen molar-refractivity contribution in [3.05, 3.63) is 308 Å². The summed E-state index contributed by atoms with van der Waals surface area (Å²) in [5.41, 5.74) is 31.3. The maximum Gasteiger partial charge on any atom is 0.232 e. The molecular weight excluding hydrogens is 1790 g/mol. The maximum absolute atomic E-state index is 13.2. The second-order valence-electron chi connectivity index (χ2n) is 33.9. The molecule has 0 unspecified atom stereocenters. The highest BCUT2D eigenvalue weighted by Crippen LogP contribution is 2.37. The van der Waals surface area contributed by atoms with Crippen molar-refractivity contribution in [3.8, 4) is 40.8 Å². The van der Waals surface area contributed by atoms with Crippen molar-refractivity contribution in [2.75, 3.05) is 91.6 Å². The number of aryl methyl sites for hydroxylation is 4. The molecule has 2 amide bonds. The van der Waals surface area contributed by atoms with Gasteiger partial charge in [-0.05, 0) is 211 Å². The number of Topliss-reactive ketones (excluding diaryl/α,β-unsaturated/α-hetero) is 4. The predicted molar refractivity (Wildman–Crippen MR) is 536 cm³/mol. The van der Waals surface area contributed by atoms with E-state index in [9.17, 15) is 28.8 Å². The molecular formula is C105H102Cl4N16O10. The Kier molecular flexibility index (Phi) is 32.2. The lowest BCUT2D eigenvalue weighted by Gasteiger charge is -2.26. The van der Waals surface area contributed by atoms with Crippen LogP contribution in [0.2, 0.25) is 20.1 Å². The number of nitrogen functional groups attached to an aromatic ring is 4. The largest absolute Gasteiger partial charge is 0.476 e. The second kappa shape index (κ2) is 45.0. The van der Waals surface area contributed by atoms with E-state index in [0.717, 1.165) is 108 Å². The molecule has 10 heterocycles. The highest BCUT2D eigenvalue weighted by molar-refractivity contribution is 6.32. The number of carbonyl (C=O) groups is 6. The average molecular weight is 1890 g/mol. The predicted octanol–water partition coefficient (Wildman–Crippen LogP) is 22.2. The van der Waals surface area contributed by atoms with E-state index in [1.807, 2.05) is 173 Å². The molecule has 0 radical (unpaired) electrons. The van der Waals surface area contributed by atoms with Gasteiger partial charge in [-0.25, -0.2) is 39.9 Å². The standard InChI is InChI=1S/C29H29ClN4O3.C27H23ClN4O3.C25H23ClN4O2.C24H27ClN4O2/c1-29(2,3)28(36)34(4)21-7-9-22(10-8-21)37-27-24(16-20(30)17-33-27)25(35)12-6-18-5-11-23-19(15-18)13-14-32-26(23)31;28-19-14-23(24(33)9-7-17-6-8-22-18(13-17)10-11-30-26(22)29)27(31-16-19)35-21-4-1-3-20(15-21)32-12-2-5-25(32)34;1-30(2)19-5-7-20(8-6-19)32-25-22(14-18(26)15-29-25)23(31)10-4-16-3-9-21-17(13-16)11-12-28-24(21)27;25-19-15-21(24(28-16-19)31-13-12-29-10-2-1-3-11-29)22(30)7-5-17-4-6-20-18(14-17)8-9-27-23(20)26/h5,7-11,13-17H,6,12H2,1-4H3,(H2,31,32);1,3-4,6,8,10-11,13-16H,2,5,7,9,12H2,(H2,29,30);3,5-9,11-15H,4,10H2,1-2H3,(H2,27,28);4,6,8-9,14-16H,1-3,5,7,10-13H2,(H2,26,27). The Hall–Kier alpha value is -14.3. The molecule has 17 rings (SSSR count). The first-order valence-electron chi connectivity index (χ1n) is 44.2. The van der Waals surface area contributed by atoms with Gasteiger partial charge in [0.25, 0.3) is 0 Å². The molecule has 7 aromatic carbocycles.